The highest BCUT2D eigenvalue weighted by molar-refractivity contribution is 6.30. The summed E-state index contributed by atoms with van der Waals surface area (Å²) >= 11 is 5.91. The van der Waals surface area contributed by atoms with Crippen LogP contribution in [0.4, 0.5) is 0 Å². The second-order valence-corrected chi connectivity index (χ2v) is 4.98. The van der Waals surface area contributed by atoms with Gasteiger partial charge in [0.15, 0.2) is 0 Å². The molecule has 1 amide bonds. The first-order valence-electron chi connectivity index (χ1n) is 6.16. The van der Waals surface area contributed by atoms with Crippen molar-refractivity contribution in [1.82, 2.24) is 19.5 Å². The third-order valence-corrected chi connectivity index (χ3v) is 3.36. The largest absolute Gasteiger partial charge is 0.348 e. The molecule has 3 aromatic rings. The Hall–Kier alpha value is -2.27. The van der Waals surface area contributed by atoms with E-state index in [9.17, 15) is 4.79 Å². The number of benzene rings is 1. The molecule has 0 aliphatic heterocycles. The number of carbonyl (C=O) groups is 1. The van der Waals surface area contributed by atoms with E-state index in [1.54, 1.807) is 16.8 Å². The third-order valence-electron chi connectivity index (χ3n) is 3.12. The van der Waals surface area contributed by atoms with Crippen LogP contribution < -0.4 is 5.32 Å². The summed E-state index contributed by atoms with van der Waals surface area (Å²) in [5.41, 5.74) is 2.29. The Kier molecular flexibility index (Phi) is 3.20. The Morgan fingerprint density at radius 2 is 2.25 bits per heavy atom. The van der Waals surface area contributed by atoms with Crippen molar-refractivity contribution >= 4 is 23.2 Å². The number of nitrogens with zero attached hydrogens (tertiary/aromatic N) is 3. The van der Waals surface area contributed by atoms with Crippen LogP contribution in [-0.2, 0) is 13.6 Å². The molecule has 1 aromatic carbocycles. The summed E-state index contributed by atoms with van der Waals surface area (Å²) in [5, 5.41) is 7.68. The molecule has 0 radical (unpaired) electrons. The maximum Gasteiger partial charge on any atom is 0.256 e. The Balaban J connectivity index is 1.78. The molecule has 2 heterocycles. The van der Waals surface area contributed by atoms with Crippen molar-refractivity contribution in [3.8, 4) is 0 Å². The zero-order valence-electron chi connectivity index (χ0n) is 10.9. The van der Waals surface area contributed by atoms with Crippen LogP contribution in [0.1, 0.15) is 15.9 Å². The molecule has 0 saturated carbocycles. The van der Waals surface area contributed by atoms with Gasteiger partial charge < -0.3 is 9.88 Å². The summed E-state index contributed by atoms with van der Waals surface area (Å²) in [6.07, 6.45) is 5.24. The normalized spacial score (nSPS) is 10.9. The first-order chi connectivity index (χ1) is 9.65. The molecule has 0 unspecified atom stereocenters. The van der Waals surface area contributed by atoms with Crippen molar-refractivity contribution in [2.24, 2.45) is 7.05 Å². The molecular formula is C14H13ClN4O. The van der Waals surface area contributed by atoms with E-state index in [0.717, 1.165) is 11.2 Å². The Bertz CT molecular complexity index is 774. The van der Waals surface area contributed by atoms with E-state index in [0.29, 0.717) is 17.1 Å². The summed E-state index contributed by atoms with van der Waals surface area (Å²) in [6.45, 7) is 0.432. The van der Waals surface area contributed by atoms with Gasteiger partial charge in [-0.3, -0.25) is 4.79 Å². The van der Waals surface area contributed by atoms with Crippen LogP contribution in [0.25, 0.3) is 5.65 Å². The van der Waals surface area contributed by atoms with Gasteiger partial charge in [0.2, 0.25) is 0 Å². The number of carbonyl (C=O) groups excluding carboxylic acids is 1. The third kappa shape index (κ3) is 2.28. The second kappa shape index (κ2) is 5.02. The lowest BCUT2D eigenvalue weighted by molar-refractivity contribution is 0.0952. The highest BCUT2D eigenvalue weighted by Crippen LogP contribution is 2.12. The van der Waals surface area contributed by atoms with Crippen molar-refractivity contribution in [1.29, 1.82) is 0 Å². The maximum atomic E-state index is 12.2. The molecule has 0 bridgehead atoms. The van der Waals surface area contributed by atoms with Crippen molar-refractivity contribution in [3.63, 3.8) is 0 Å². The Labute approximate surface area is 120 Å². The van der Waals surface area contributed by atoms with Gasteiger partial charge in [-0.25, -0.2) is 4.52 Å². The molecule has 0 atom stereocenters. The van der Waals surface area contributed by atoms with Gasteiger partial charge in [-0.1, -0.05) is 23.7 Å². The summed E-state index contributed by atoms with van der Waals surface area (Å²) in [4.78, 5) is 12.2. The molecule has 6 heteroatoms. The van der Waals surface area contributed by atoms with Crippen LogP contribution >= 0.6 is 11.6 Å². The summed E-state index contributed by atoms with van der Waals surface area (Å²) in [5.74, 6) is -0.151. The van der Waals surface area contributed by atoms with E-state index in [1.165, 1.54) is 0 Å². The van der Waals surface area contributed by atoms with Gasteiger partial charge in [-0.05, 0) is 17.7 Å². The topological polar surface area (TPSA) is 51.3 Å². The highest BCUT2D eigenvalue weighted by Gasteiger charge is 2.14. The van der Waals surface area contributed by atoms with Crippen LogP contribution in [0, 0.1) is 0 Å². The van der Waals surface area contributed by atoms with Crippen LogP contribution in [0.5, 0.6) is 0 Å². The molecule has 0 saturated heterocycles. The van der Waals surface area contributed by atoms with Gasteiger partial charge in [0.05, 0.1) is 6.20 Å². The molecule has 2 aromatic heterocycles. The first-order valence-corrected chi connectivity index (χ1v) is 6.54. The Morgan fingerprint density at radius 3 is 3.05 bits per heavy atom. The standard InChI is InChI=1S/C14H13ClN4O/c1-18-5-6-19-14(18)12(9-17-19)13(20)16-8-10-3-2-4-11(15)7-10/h2-7,9H,8H2,1H3,(H,16,20). The number of fused-ring (bicyclic) bond motifs is 1. The van der Waals surface area contributed by atoms with Crippen LogP contribution in [0.3, 0.4) is 0 Å². The maximum absolute atomic E-state index is 12.2. The van der Waals surface area contributed by atoms with Crippen molar-refractivity contribution in [2.45, 2.75) is 6.54 Å². The van der Waals surface area contributed by atoms with E-state index in [1.807, 2.05) is 42.2 Å². The van der Waals surface area contributed by atoms with E-state index < -0.39 is 0 Å². The highest BCUT2D eigenvalue weighted by atomic mass is 35.5. The van der Waals surface area contributed by atoms with E-state index in [4.69, 9.17) is 11.6 Å². The summed E-state index contributed by atoms with van der Waals surface area (Å²) in [7, 11) is 1.88. The summed E-state index contributed by atoms with van der Waals surface area (Å²) < 4.78 is 3.54. The van der Waals surface area contributed by atoms with Crippen LogP contribution in [0.2, 0.25) is 5.02 Å². The molecule has 1 N–H and O–H groups in total. The number of hydrogen-bond acceptors (Lipinski definition) is 2. The number of hydrogen-bond donors (Lipinski definition) is 1. The number of rotatable bonds is 3. The van der Waals surface area contributed by atoms with Crippen molar-refractivity contribution in [2.75, 3.05) is 0 Å². The smallest absolute Gasteiger partial charge is 0.256 e. The van der Waals surface area contributed by atoms with Crippen LogP contribution in [-0.4, -0.2) is 20.1 Å². The fraction of sp³-hybridized carbons (Fsp3) is 0.143. The van der Waals surface area contributed by atoms with Gasteiger partial charge in [0.1, 0.15) is 11.2 Å². The molecule has 0 spiro atoms. The van der Waals surface area contributed by atoms with Gasteiger partial charge in [-0.2, -0.15) is 5.10 Å². The second-order valence-electron chi connectivity index (χ2n) is 4.55. The van der Waals surface area contributed by atoms with E-state index in [-0.39, 0.29) is 5.91 Å². The molecule has 5 nitrogen and oxygen atoms in total. The predicted molar refractivity (Wildman–Crippen MR) is 76.8 cm³/mol. The zero-order chi connectivity index (χ0) is 14.1. The fourth-order valence-corrected chi connectivity index (χ4v) is 2.35. The van der Waals surface area contributed by atoms with Gasteiger partial charge >= 0.3 is 0 Å². The quantitative estimate of drug-likeness (QED) is 0.804. The average molecular weight is 289 g/mol. The lowest BCUT2D eigenvalue weighted by Crippen LogP contribution is -2.23. The fourth-order valence-electron chi connectivity index (χ4n) is 2.13. The number of nitrogens with one attached hydrogen (secondary N) is 1. The average Bonchev–Trinajstić information content (AvgIpc) is 3.00. The number of amides is 1. The molecule has 102 valence electrons. The lowest BCUT2D eigenvalue weighted by atomic mass is 10.2. The minimum absolute atomic E-state index is 0.151. The van der Waals surface area contributed by atoms with Crippen LogP contribution in [0.15, 0.2) is 42.9 Å². The molecule has 3 rings (SSSR count). The van der Waals surface area contributed by atoms with Crippen molar-refractivity contribution in [3.05, 3.63) is 59.0 Å². The van der Waals surface area contributed by atoms with Gasteiger partial charge in [0, 0.05) is 31.0 Å². The monoisotopic (exact) mass is 288 g/mol. The molecule has 0 aliphatic rings. The summed E-state index contributed by atoms with van der Waals surface area (Å²) in [6, 6.07) is 7.41. The minimum Gasteiger partial charge on any atom is -0.348 e. The first kappa shape index (κ1) is 12.7. The molecule has 0 fully saturated rings. The lowest BCUT2D eigenvalue weighted by Gasteiger charge is -2.05. The van der Waals surface area contributed by atoms with E-state index >= 15 is 0 Å². The number of halogens is 1. The van der Waals surface area contributed by atoms with E-state index in [2.05, 4.69) is 10.4 Å². The number of aryl methyl sites for hydroxylation is 1. The van der Waals surface area contributed by atoms with Gasteiger partial charge in [0.25, 0.3) is 5.91 Å². The predicted octanol–water partition coefficient (Wildman–Crippen LogP) is 2.26. The molecular weight excluding hydrogens is 276 g/mol. The van der Waals surface area contributed by atoms with Gasteiger partial charge in [-0.15, -0.1) is 0 Å². The number of aromatic nitrogens is 3. The Morgan fingerprint density at radius 1 is 1.40 bits per heavy atom. The minimum atomic E-state index is -0.151. The molecule has 0 aliphatic carbocycles. The number of imidazole rings is 1. The zero-order valence-corrected chi connectivity index (χ0v) is 11.6. The SMILES string of the molecule is Cn1ccn2ncc(C(=O)NCc3cccc(Cl)c3)c12. The van der Waals surface area contributed by atoms with Crippen molar-refractivity contribution < 1.29 is 4.79 Å². The molecule has 20 heavy (non-hydrogen) atoms.